The number of hydrogen-bond donors (Lipinski definition) is 1. The Hall–Kier alpha value is -1.83. The molecule has 0 aromatic carbocycles. The van der Waals surface area contributed by atoms with E-state index in [1.807, 2.05) is 0 Å². The molecule has 252 valence electrons. The molecule has 4 nitrogen and oxygen atoms in total. The van der Waals surface area contributed by atoms with Crippen LogP contribution in [0.1, 0.15) is 158 Å². The van der Waals surface area contributed by atoms with E-state index >= 15 is 0 Å². The molecule has 2 unspecified atom stereocenters. The number of rotatable bonds is 3. The summed E-state index contributed by atoms with van der Waals surface area (Å²) in [6.45, 7) is 16.5. The van der Waals surface area contributed by atoms with Crippen molar-refractivity contribution in [1.29, 1.82) is 5.26 Å². The van der Waals surface area contributed by atoms with Crippen LogP contribution in [-0.2, 0) is 9.59 Å². The van der Waals surface area contributed by atoms with Gasteiger partial charge in [0.05, 0.1) is 11.0 Å². The van der Waals surface area contributed by atoms with E-state index in [4.69, 9.17) is 0 Å². The largest absolute Gasteiger partial charge is 0.402 e. The average Bonchev–Trinajstić information content (AvgIpc) is 3.00. The third-order valence-electron chi connectivity index (χ3n) is 15.8. The van der Waals surface area contributed by atoms with E-state index in [1.54, 1.807) is 5.57 Å². The predicted molar refractivity (Wildman–Crippen MR) is 189 cm³/mol. The van der Waals surface area contributed by atoms with Gasteiger partial charge in [-0.3, -0.25) is 9.59 Å². The van der Waals surface area contributed by atoms with Gasteiger partial charge in [-0.05, 0) is 96.6 Å². The second-order valence-corrected chi connectivity index (χ2v) is 19.1. The summed E-state index contributed by atoms with van der Waals surface area (Å²) in [7, 11) is 0.856. The zero-order valence-electron chi connectivity index (χ0n) is 30.5. The van der Waals surface area contributed by atoms with E-state index < -0.39 is 5.41 Å². The summed E-state index contributed by atoms with van der Waals surface area (Å²) in [5.41, 5.74) is 1.22. The Kier molecular flexibility index (Phi) is 8.84. The Morgan fingerprint density at radius 2 is 1.48 bits per heavy atom. The lowest BCUT2D eigenvalue weighted by Crippen LogP contribution is -2.64. The van der Waals surface area contributed by atoms with Crippen LogP contribution in [0.25, 0.3) is 0 Å². The molecule has 4 saturated carbocycles. The predicted octanol–water partition coefficient (Wildman–Crippen LogP) is 9.81. The molecule has 1 amide bonds. The van der Waals surface area contributed by atoms with Crippen LogP contribution in [0.3, 0.4) is 0 Å². The van der Waals surface area contributed by atoms with Crippen LogP contribution < -0.4 is 5.23 Å². The van der Waals surface area contributed by atoms with Gasteiger partial charge in [-0.1, -0.05) is 124 Å². The Balaban J connectivity index is 1.32. The fraction of sp³-hybridized carbons (Fsp3) is 0.829. The van der Waals surface area contributed by atoms with E-state index in [-0.39, 0.29) is 44.7 Å². The molecule has 0 aromatic rings. The molecule has 6 aliphatic rings. The molecule has 1 N–H and O–H groups in total. The summed E-state index contributed by atoms with van der Waals surface area (Å²) < 4.78 is 0. The van der Waals surface area contributed by atoms with Crippen molar-refractivity contribution in [3.8, 4) is 6.07 Å². The van der Waals surface area contributed by atoms with Gasteiger partial charge in [0.2, 0.25) is 13.3 Å². The molecule has 0 bridgehead atoms. The standard InChI is InChI=1S/C41H63BN2O2/c1-36(2)21-23-41(35(46)44-42-29-15-13-11-9-8-10-12-14-16-29)24-22-39(6)30(31(41)26-36)17-18-33-38(5)25-28(27-43)34(45)37(3,4)32(38)19-20-40(33,39)7/h17,25,29,31-33,42H,8-16,18-24,26H2,1-7H3,(H,44,46)/t31-,32-,33?,38-,39+,40+,41?/m0/s1. The van der Waals surface area contributed by atoms with Crippen molar-refractivity contribution in [1.82, 2.24) is 5.23 Å². The highest BCUT2D eigenvalue weighted by atomic mass is 16.2. The van der Waals surface area contributed by atoms with Gasteiger partial charge in [-0.25, -0.2) is 0 Å². The zero-order valence-corrected chi connectivity index (χ0v) is 30.5. The van der Waals surface area contributed by atoms with Gasteiger partial charge in [0.25, 0.3) is 0 Å². The molecule has 5 heteroatoms. The molecule has 0 spiro atoms. The first-order chi connectivity index (χ1) is 21.6. The first kappa shape index (κ1) is 34.1. The molecule has 7 atom stereocenters. The van der Waals surface area contributed by atoms with Crippen molar-refractivity contribution in [3.05, 3.63) is 23.3 Å². The number of carbonyl (C=O) groups is 2. The summed E-state index contributed by atoms with van der Waals surface area (Å²) in [5, 5.41) is 13.7. The highest BCUT2D eigenvalue weighted by Gasteiger charge is 2.69. The normalized spacial score (nSPS) is 42.4. The number of carbonyl (C=O) groups excluding carboxylic acids is 2. The number of ketones is 1. The molecule has 46 heavy (non-hydrogen) atoms. The molecule has 0 radical (unpaired) electrons. The van der Waals surface area contributed by atoms with E-state index in [0.29, 0.717) is 23.2 Å². The first-order valence-electron chi connectivity index (χ1n) is 19.3. The molecule has 0 saturated heterocycles. The molecule has 6 aliphatic carbocycles. The molecular formula is C41H63BN2O2. The van der Waals surface area contributed by atoms with Crippen molar-refractivity contribution in [2.75, 3.05) is 0 Å². The summed E-state index contributed by atoms with van der Waals surface area (Å²) >= 11 is 0. The van der Waals surface area contributed by atoms with E-state index in [1.165, 1.54) is 57.8 Å². The second kappa shape index (κ2) is 11.9. The van der Waals surface area contributed by atoms with Gasteiger partial charge < -0.3 is 5.23 Å². The number of amides is 1. The lowest BCUT2D eigenvalue weighted by atomic mass is 9.34. The molecule has 6 rings (SSSR count). The van der Waals surface area contributed by atoms with Crippen molar-refractivity contribution >= 4 is 19.1 Å². The monoisotopic (exact) mass is 626 g/mol. The molecule has 0 aliphatic heterocycles. The van der Waals surface area contributed by atoms with Crippen molar-refractivity contribution < 1.29 is 9.59 Å². The number of nitrogens with one attached hydrogen (secondary N) is 1. The minimum atomic E-state index is -0.525. The fourth-order valence-electron chi connectivity index (χ4n) is 12.8. The van der Waals surface area contributed by atoms with Gasteiger partial charge >= 0.3 is 0 Å². The second-order valence-electron chi connectivity index (χ2n) is 19.1. The van der Waals surface area contributed by atoms with Crippen LogP contribution in [0.5, 0.6) is 0 Å². The third-order valence-corrected chi connectivity index (χ3v) is 15.8. The quantitative estimate of drug-likeness (QED) is 0.250. The van der Waals surface area contributed by atoms with E-state index in [9.17, 15) is 14.9 Å². The number of allylic oxidation sites excluding steroid dienone is 4. The number of Topliss-reactive ketones (excluding diaryl/α,β-unsaturated/α-hetero) is 1. The summed E-state index contributed by atoms with van der Waals surface area (Å²) in [6, 6.07) is 2.30. The maximum absolute atomic E-state index is 14.6. The smallest absolute Gasteiger partial charge is 0.239 e. The van der Waals surface area contributed by atoms with Crippen LogP contribution >= 0.6 is 0 Å². The highest BCUT2D eigenvalue weighted by molar-refractivity contribution is 6.39. The number of nitriles is 1. The Labute approximate surface area is 281 Å². The molecule has 0 heterocycles. The van der Waals surface area contributed by atoms with Gasteiger partial charge in [0.15, 0.2) is 5.78 Å². The van der Waals surface area contributed by atoms with Crippen LogP contribution in [0.15, 0.2) is 23.3 Å². The van der Waals surface area contributed by atoms with Gasteiger partial charge in [-0.2, -0.15) is 5.26 Å². The van der Waals surface area contributed by atoms with Crippen LogP contribution in [0, 0.1) is 61.6 Å². The van der Waals surface area contributed by atoms with Crippen LogP contribution in [-0.4, -0.2) is 19.1 Å². The summed E-state index contributed by atoms with van der Waals surface area (Å²) in [5.74, 6) is 1.90. The maximum atomic E-state index is 14.6. The minimum Gasteiger partial charge on any atom is -0.402 e. The average molecular weight is 627 g/mol. The fourth-order valence-corrected chi connectivity index (χ4v) is 12.8. The highest BCUT2D eigenvalue weighted by Crippen LogP contribution is 2.75. The van der Waals surface area contributed by atoms with Crippen molar-refractivity contribution in [2.24, 2.45) is 50.2 Å². The molecule has 0 aromatic heterocycles. The first-order valence-corrected chi connectivity index (χ1v) is 19.3. The number of hydrogen-bond acceptors (Lipinski definition) is 3. The number of nitrogens with zero attached hydrogens (tertiary/aromatic N) is 1. The van der Waals surface area contributed by atoms with E-state index in [0.717, 1.165) is 58.8 Å². The SMILES string of the molecule is CC1(C)CCC2(C(=O)NBC3CCCCCCCCC3)CC[C@]3(C)C(=CCC4[C@@]5(C)C=C(C#N)C(=O)C(C)(C)[C@@H]5CC[C@]43C)[C@@H]2C1. The van der Waals surface area contributed by atoms with E-state index in [2.05, 4.69) is 71.9 Å². The van der Waals surface area contributed by atoms with Gasteiger partial charge in [-0.15, -0.1) is 0 Å². The Morgan fingerprint density at radius 3 is 2.13 bits per heavy atom. The Morgan fingerprint density at radius 1 is 0.848 bits per heavy atom. The van der Waals surface area contributed by atoms with Crippen molar-refractivity contribution in [2.45, 2.75) is 163 Å². The lowest BCUT2D eigenvalue weighted by molar-refractivity contribution is -0.165. The molecule has 4 fully saturated rings. The van der Waals surface area contributed by atoms with Crippen molar-refractivity contribution in [3.63, 3.8) is 0 Å². The third kappa shape index (κ3) is 5.21. The maximum Gasteiger partial charge on any atom is 0.239 e. The Bertz CT molecular complexity index is 1330. The summed E-state index contributed by atoms with van der Waals surface area (Å²) in [4.78, 5) is 28.0. The van der Waals surface area contributed by atoms with Gasteiger partial charge in [0.1, 0.15) is 6.07 Å². The van der Waals surface area contributed by atoms with Crippen LogP contribution in [0.2, 0.25) is 5.82 Å². The summed E-state index contributed by atoms with van der Waals surface area (Å²) in [6.07, 6.45) is 25.0. The number of fused-ring (bicyclic) bond motifs is 7. The topological polar surface area (TPSA) is 70.0 Å². The zero-order chi connectivity index (χ0) is 33.2. The minimum absolute atomic E-state index is 0.00824. The van der Waals surface area contributed by atoms with Crippen LogP contribution in [0.4, 0.5) is 0 Å². The molecular weight excluding hydrogens is 563 g/mol. The lowest BCUT2D eigenvalue weighted by Gasteiger charge is -2.70. The van der Waals surface area contributed by atoms with Gasteiger partial charge in [0, 0.05) is 5.41 Å².